The van der Waals surface area contributed by atoms with E-state index < -0.39 is 16.6 Å². The van der Waals surface area contributed by atoms with E-state index in [0.717, 1.165) is 6.54 Å². The molecule has 0 radical (unpaired) electrons. The van der Waals surface area contributed by atoms with E-state index in [9.17, 15) is 4.79 Å². The molecule has 0 bridgehead atoms. The predicted molar refractivity (Wildman–Crippen MR) is 70.0 cm³/mol. The van der Waals surface area contributed by atoms with Crippen molar-refractivity contribution >= 4 is 22.5 Å². The van der Waals surface area contributed by atoms with E-state index >= 15 is 0 Å². The zero-order valence-electron chi connectivity index (χ0n) is 11.2. The number of amides is 1. The largest absolute Gasteiger partial charge is 0.416 e. The van der Waals surface area contributed by atoms with E-state index in [4.69, 9.17) is 4.43 Å². The molecule has 90 valence electrons. The zero-order chi connectivity index (χ0) is 12.3. The van der Waals surface area contributed by atoms with Crippen LogP contribution >= 0.6 is 0 Å². The minimum atomic E-state index is -1.53. The van der Waals surface area contributed by atoms with E-state index in [1.165, 1.54) is 0 Å². The molecule has 0 heterocycles. The first kappa shape index (κ1) is 14.9. The van der Waals surface area contributed by atoms with Crippen molar-refractivity contribution in [3.63, 3.8) is 0 Å². The molecule has 15 heavy (non-hydrogen) atoms. The Morgan fingerprint density at radius 1 is 1.13 bits per heavy atom. The van der Waals surface area contributed by atoms with Crippen molar-refractivity contribution in [2.45, 2.75) is 46.2 Å². The van der Waals surface area contributed by atoms with Crippen LogP contribution in [0.2, 0.25) is 39.3 Å². The van der Waals surface area contributed by atoms with Crippen LogP contribution in [0.25, 0.3) is 0 Å². The lowest BCUT2D eigenvalue weighted by Gasteiger charge is -2.34. The van der Waals surface area contributed by atoms with E-state index in [-0.39, 0.29) is 5.91 Å². The van der Waals surface area contributed by atoms with Crippen molar-refractivity contribution in [3.8, 4) is 0 Å². The number of carbonyl (C=O) groups is 1. The van der Waals surface area contributed by atoms with Crippen molar-refractivity contribution in [3.05, 3.63) is 0 Å². The molecular formula is C10H25NO2Si2. The molecule has 0 aliphatic heterocycles. The summed E-state index contributed by atoms with van der Waals surface area (Å²) < 4.78 is 7.77. The summed E-state index contributed by atoms with van der Waals surface area (Å²) in [5.41, 5.74) is 0. The molecule has 0 rings (SSSR count). The molecule has 0 aromatic heterocycles. The molecule has 0 saturated heterocycles. The summed E-state index contributed by atoms with van der Waals surface area (Å²) in [5.74, 6) is 0.174. The Kier molecular flexibility index (Phi) is 5.22. The fraction of sp³-hybridized carbons (Fsp3) is 0.900. The normalized spacial score (nSPS) is 12.7. The fourth-order valence-electron chi connectivity index (χ4n) is 1.41. The summed E-state index contributed by atoms with van der Waals surface area (Å²) in [7, 11) is -2.97. The predicted octanol–water partition coefficient (Wildman–Crippen LogP) is 2.52. The highest BCUT2D eigenvalue weighted by Crippen LogP contribution is 2.10. The first-order chi connectivity index (χ1) is 6.54. The van der Waals surface area contributed by atoms with E-state index in [2.05, 4.69) is 39.3 Å². The van der Waals surface area contributed by atoms with Crippen LogP contribution < -0.4 is 0 Å². The minimum absolute atomic E-state index is 0.174. The Bertz CT molecular complexity index is 218. The average Bonchev–Trinajstić information content (AvgIpc) is 1.92. The molecule has 0 atom stereocenters. The molecule has 0 N–H and O–H groups in total. The van der Waals surface area contributed by atoms with Crippen molar-refractivity contribution in [1.82, 2.24) is 4.57 Å². The number of hydrogen-bond acceptors (Lipinski definition) is 2. The van der Waals surface area contributed by atoms with Crippen molar-refractivity contribution in [1.29, 1.82) is 0 Å². The third-order valence-electron chi connectivity index (χ3n) is 2.04. The Labute approximate surface area is 96.0 Å². The Morgan fingerprint density at radius 3 is 1.87 bits per heavy atom. The molecule has 5 heteroatoms. The van der Waals surface area contributed by atoms with Gasteiger partial charge in [0.1, 0.15) is 0 Å². The topological polar surface area (TPSA) is 29.5 Å². The molecular weight excluding hydrogens is 222 g/mol. The fourth-order valence-corrected chi connectivity index (χ4v) is 3.82. The Hall–Kier alpha value is -0.136. The molecule has 3 nitrogen and oxygen atoms in total. The van der Waals surface area contributed by atoms with Gasteiger partial charge in [0, 0.05) is 13.5 Å². The highest BCUT2D eigenvalue weighted by molar-refractivity contribution is 6.75. The van der Waals surface area contributed by atoms with Gasteiger partial charge < -0.3 is 8.99 Å². The maximum absolute atomic E-state index is 11.5. The number of rotatable bonds is 5. The van der Waals surface area contributed by atoms with Gasteiger partial charge in [-0.3, -0.25) is 4.79 Å². The molecule has 0 aliphatic carbocycles. The van der Waals surface area contributed by atoms with Crippen LogP contribution in [-0.4, -0.2) is 40.2 Å². The number of hydrogen-bond donors (Lipinski definition) is 0. The van der Waals surface area contributed by atoms with Crippen LogP contribution in [0.4, 0.5) is 0 Å². The van der Waals surface area contributed by atoms with Crippen LogP contribution in [0.5, 0.6) is 0 Å². The van der Waals surface area contributed by atoms with Crippen molar-refractivity contribution < 1.29 is 9.22 Å². The van der Waals surface area contributed by atoms with Gasteiger partial charge in [0.05, 0.1) is 6.61 Å². The summed E-state index contributed by atoms with van der Waals surface area (Å²) >= 11 is 0. The van der Waals surface area contributed by atoms with E-state index in [1.807, 2.05) is 4.57 Å². The average molecular weight is 247 g/mol. The van der Waals surface area contributed by atoms with E-state index in [1.54, 1.807) is 6.92 Å². The Morgan fingerprint density at radius 2 is 1.60 bits per heavy atom. The third kappa shape index (κ3) is 6.86. The zero-order valence-corrected chi connectivity index (χ0v) is 13.2. The lowest BCUT2D eigenvalue weighted by atomic mass is 10.6. The van der Waals surface area contributed by atoms with Gasteiger partial charge in [0.25, 0.3) is 0 Å². The lowest BCUT2D eigenvalue weighted by Crippen LogP contribution is -2.50. The highest BCUT2D eigenvalue weighted by Gasteiger charge is 2.26. The quantitative estimate of drug-likeness (QED) is 0.699. The smallest absolute Gasteiger partial charge is 0.211 e. The van der Waals surface area contributed by atoms with Crippen LogP contribution in [-0.2, 0) is 9.22 Å². The summed E-state index contributed by atoms with van der Waals surface area (Å²) in [6.07, 6.45) is 0. The highest BCUT2D eigenvalue weighted by atomic mass is 28.4. The summed E-state index contributed by atoms with van der Waals surface area (Å²) in [6, 6.07) is 0. The van der Waals surface area contributed by atoms with Crippen molar-refractivity contribution in [2.75, 3.05) is 13.2 Å². The second-order valence-electron chi connectivity index (χ2n) is 5.80. The second kappa shape index (κ2) is 5.27. The molecule has 1 amide bonds. The third-order valence-corrected chi connectivity index (χ3v) is 5.27. The van der Waals surface area contributed by atoms with Crippen LogP contribution in [0, 0.1) is 0 Å². The molecule has 0 spiro atoms. The minimum Gasteiger partial charge on any atom is -0.416 e. The van der Waals surface area contributed by atoms with Gasteiger partial charge in [-0.1, -0.05) is 19.6 Å². The van der Waals surface area contributed by atoms with Gasteiger partial charge >= 0.3 is 0 Å². The summed E-state index contributed by atoms with van der Waals surface area (Å²) in [6.45, 7) is 16.1. The van der Waals surface area contributed by atoms with Gasteiger partial charge in [-0.15, -0.1) is 0 Å². The maximum atomic E-state index is 11.5. The van der Waals surface area contributed by atoms with Crippen LogP contribution in [0.1, 0.15) is 6.92 Å². The summed E-state index contributed by atoms with van der Waals surface area (Å²) in [4.78, 5) is 11.5. The molecule has 0 saturated carbocycles. The van der Waals surface area contributed by atoms with Gasteiger partial charge in [-0.2, -0.15) is 0 Å². The van der Waals surface area contributed by atoms with Gasteiger partial charge in [0.2, 0.25) is 5.91 Å². The Balaban J connectivity index is 4.17. The van der Waals surface area contributed by atoms with Gasteiger partial charge in [-0.25, -0.2) is 0 Å². The van der Waals surface area contributed by atoms with Crippen LogP contribution in [0.3, 0.4) is 0 Å². The molecule has 0 aromatic rings. The SMILES string of the molecule is CC(=O)N(CCO[Si](C)(C)C)[Si](C)(C)C. The van der Waals surface area contributed by atoms with Crippen molar-refractivity contribution in [2.24, 2.45) is 0 Å². The second-order valence-corrected chi connectivity index (χ2v) is 15.2. The number of carbonyl (C=O) groups excluding carboxylic acids is 1. The molecule has 0 aliphatic rings. The summed E-state index contributed by atoms with van der Waals surface area (Å²) in [5, 5.41) is 0. The van der Waals surface area contributed by atoms with Gasteiger partial charge in [-0.05, 0) is 19.6 Å². The number of nitrogens with zero attached hydrogens (tertiary/aromatic N) is 1. The first-order valence-corrected chi connectivity index (χ1v) is 12.3. The molecule has 0 aromatic carbocycles. The molecule has 0 unspecified atom stereocenters. The monoisotopic (exact) mass is 247 g/mol. The molecule has 0 fully saturated rings. The first-order valence-electron chi connectivity index (χ1n) is 5.46. The maximum Gasteiger partial charge on any atom is 0.211 e. The lowest BCUT2D eigenvalue weighted by molar-refractivity contribution is -0.125. The van der Waals surface area contributed by atoms with Gasteiger partial charge in [0.15, 0.2) is 16.6 Å². The van der Waals surface area contributed by atoms with E-state index in [0.29, 0.717) is 6.61 Å². The van der Waals surface area contributed by atoms with Crippen LogP contribution in [0.15, 0.2) is 0 Å². The standard InChI is InChI=1S/C10H25NO2Si2/c1-10(12)11(14(2,3)4)8-9-13-15(5,6)7/h8-9H2,1-7H3.